The largest absolute Gasteiger partial charge is 0.340 e. The Bertz CT molecular complexity index is 529. The molecule has 1 atom stereocenters. The summed E-state index contributed by atoms with van der Waals surface area (Å²) in [6.07, 6.45) is 4.00. The molecule has 0 amide bonds. The minimum absolute atomic E-state index is 0.380. The van der Waals surface area contributed by atoms with Gasteiger partial charge in [-0.25, -0.2) is 12.7 Å². The molecule has 1 aromatic heterocycles. The predicted octanol–water partition coefficient (Wildman–Crippen LogP) is 0.182. The highest BCUT2D eigenvalue weighted by molar-refractivity contribution is 7.88. The molecule has 1 unspecified atom stereocenters. The predicted molar refractivity (Wildman–Crippen MR) is 74.7 cm³/mol. The van der Waals surface area contributed by atoms with Crippen LogP contribution in [0.3, 0.4) is 0 Å². The van der Waals surface area contributed by atoms with E-state index in [1.807, 2.05) is 0 Å². The van der Waals surface area contributed by atoms with Crippen LogP contribution in [0, 0.1) is 12.8 Å². The van der Waals surface area contributed by atoms with E-state index in [2.05, 4.69) is 15.5 Å². The second-order valence-corrected chi connectivity index (χ2v) is 7.30. The Morgan fingerprint density at radius 3 is 2.95 bits per heavy atom. The van der Waals surface area contributed by atoms with Crippen LogP contribution in [-0.2, 0) is 16.4 Å². The standard InChI is InChI=1S/C12H22N4O3S/c1-10-14-12(15-19-10)5-6-13-8-11-4-3-7-16(9-11)20(2,17)18/h11,13H,3-9H2,1-2H3. The molecule has 2 rings (SSSR count). The molecule has 1 aliphatic rings. The molecule has 1 fully saturated rings. The summed E-state index contributed by atoms with van der Waals surface area (Å²) in [5, 5.41) is 7.17. The van der Waals surface area contributed by atoms with Crippen molar-refractivity contribution in [3.8, 4) is 0 Å². The molecule has 7 nitrogen and oxygen atoms in total. The minimum Gasteiger partial charge on any atom is -0.340 e. The number of hydrogen-bond donors (Lipinski definition) is 1. The van der Waals surface area contributed by atoms with Gasteiger partial charge in [-0.2, -0.15) is 4.98 Å². The van der Waals surface area contributed by atoms with Crippen LogP contribution in [0.15, 0.2) is 4.52 Å². The van der Waals surface area contributed by atoms with Crippen LogP contribution in [0.2, 0.25) is 0 Å². The average molecular weight is 302 g/mol. The third-order valence-corrected chi connectivity index (χ3v) is 4.75. The monoisotopic (exact) mass is 302 g/mol. The molecule has 20 heavy (non-hydrogen) atoms. The first-order valence-electron chi connectivity index (χ1n) is 6.90. The van der Waals surface area contributed by atoms with Crippen molar-refractivity contribution in [3.63, 3.8) is 0 Å². The fourth-order valence-corrected chi connectivity index (χ4v) is 3.39. The van der Waals surface area contributed by atoms with Gasteiger partial charge in [0.15, 0.2) is 5.82 Å². The summed E-state index contributed by atoms with van der Waals surface area (Å²) < 4.78 is 29.5. The lowest BCUT2D eigenvalue weighted by Crippen LogP contribution is -2.42. The topological polar surface area (TPSA) is 88.3 Å². The third kappa shape index (κ3) is 4.53. The molecular weight excluding hydrogens is 280 g/mol. The van der Waals surface area contributed by atoms with Crippen molar-refractivity contribution in [2.24, 2.45) is 5.92 Å². The van der Waals surface area contributed by atoms with Gasteiger partial charge in [-0.1, -0.05) is 5.16 Å². The number of sulfonamides is 1. The first-order valence-corrected chi connectivity index (χ1v) is 8.75. The van der Waals surface area contributed by atoms with E-state index < -0.39 is 10.0 Å². The minimum atomic E-state index is -3.06. The van der Waals surface area contributed by atoms with Crippen LogP contribution in [0.1, 0.15) is 24.6 Å². The molecule has 0 aromatic carbocycles. The number of hydrogen-bond acceptors (Lipinski definition) is 6. The van der Waals surface area contributed by atoms with Gasteiger partial charge in [0.25, 0.3) is 0 Å². The van der Waals surface area contributed by atoms with Crippen molar-refractivity contribution in [2.75, 3.05) is 32.4 Å². The fourth-order valence-electron chi connectivity index (χ4n) is 2.44. The highest BCUT2D eigenvalue weighted by Gasteiger charge is 2.25. The molecule has 114 valence electrons. The summed E-state index contributed by atoms with van der Waals surface area (Å²) in [6.45, 7) is 4.63. The van der Waals surface area contributed by atoms with Gasteiger partial charge in [-0.3, -0.25) is 0 Å². The van der Waals surface area contributed by atoms with Crippen molar-refractivity contribution in [3.05, 3.63) is 11.7 Å². The zero-order chi connectivity index (χ0) is 14.6. The van der Waals surface area contributed by atoms with E-state index >= 15 is 0 Å². The van der Waals surface area contributed by atoms with Crippen LogP contribution in [0.4, 0.5) is 0 Å². The van der Waals surface area contributed by atoms with Crippen molar-refractivity contribution in [2.45, 2.75) is 26.2 Å². The molecule has 1 N–H and O–H groups in total. The maximum absolute atomic E-state index is 11.5. The van der Waals surface area contributed by atoms with Gasteiger partial charge in [0.05, 0.1) is 6.26 Å². The highest BCUT2D eigenvalue weighted by Crippen LogP contribution is 2.17. The van der Waals surface area contributed by atoms with E-state index in [1.54, 1.807) is 11.2 Å². The van der Waals surface area contributed by atoms with E-state index in [4.69, 9.17) is 4.52 Å². The Morgan fingerprint density at radius 2 is 2.30 bits per heavy atom. The van der Waals surface area contributed by atoms with E-state index in [0.717, 1.165) is 32.4 Å². The summed E-state index contributed by atoms with van der Waals surface area (Å²) in [6, 6.07) is 0. The second-order valence-electron chi connectivity index (χ2n) is 5.31. The van der Waals surface area contributed by atoms with E-state index in [9.17, 15) is 8.42 Å². The molecule has 0 bridgehead atoms. The molecule has 1 aliphatic heterocycles. The first kappa shape index (κ1) is 15.4. The molecule has 0 saturated carbocycles. The third-order valence-electron chi connectivity index (χ3n) is 3.48. The number of aromatic nitrogens is 2. The van der Waals surface area contributed by atoms with Crippen LogP contribution < -0.4 is 5.32 Å². The number of nitrogens with zero attached hydrogens (tertiary/aromatic N) is 3. The van der Waals surface area contributed by atoms with Crippen molar-refractivity contribution in [1.82, 2.24) is 19.8 Å². The van der Waals surface area contributed by atoms with Gasteiger partial charge < -0.3 is 9.84 Å². The zero-order valence-corrected chi connectivity index (χ0v) is 12.8. The van der Waals surface area contributed by atoms with E-state index in [1.165, 1.54) is 6.26 Å². The number of piperidine rings is 1. The zero-order valence-electron chi connectivity index (χ0n) is 12.0. The quantitative estimate of drug-likeness (QED) is 0.754. The first-order chi connectivity index (χ1) is 9.45. The van der Waals surface area contributed by atoms with Gasteiger partial charge in [-0.15, -0.1) is 0 Å². The molecule has 8 heteroatoms. The number of aryl methyl sites for hydroxylation is 1. The molecular formula is C12H22N4O3S. The fraction of sp³-hybridized carbons (Fsp3) is 0.833. The Kier molecular flexibility index (Phi) is 5.11. The van der Waals surface area contributed by atoms with Crippen LogP contribution >= 0.6 is 0 Å². The Balaban J connectivity index is 1.69. The summed E-state index contributed by atoms with van der Waals surface area (Å²) in [5.74, 6) is 1.66. The average Bonchev–Trinajstić information content (AvgIpc) is 2.80. The van der Waals surface area contributed by atoms with Crippen molar-refractivity contribution in [1.29, 1.82) is 0 Å². The van der Waals surface area contributed by atoms with Gasteiger partial charge in [0.2, 0.25) is 15.9 Å². The summed E-state index contributed by atoms with van der Waals surface area (Å²) in [5.41, 5.74) is 0. The lowest BCUT2D eigenvalue weighted by Gasteiger charge is -2.31. The van der Waals surface area contributed by atoms with Gasteiger partial charge >= 0.3 is 0 Å². The normalized spacial score (nSPS) is 21.2. The second kappa shape index (κ2) is 6.64. The van der Waals surface area contributed by atoms with Gasteiger partial charge in [0, 0.05) is 33.0 Å². The van der Waals surface area contributed by atoms with Crippen molar-refractivity contribution < 1.29 is 12.9 Å². The maximum atomic E-state index is 11.5. The summed E-state index contributed by atoms with van der Waals surface area (Å²) in [7, 11) is -3.06. The Morgan fingerprint density at radius 1 is 1.50 bits per heavy atom. The molecule has 1 aromatic rings. The van der Waals surface area contributed by atoms with Crippen LogP contribution in [0.25, 0.3) is 0 Å². The Labute approximate surface area is 119 Å². The van der Waals surface area contributed by atoms with E-state index in [-0.39, 0.29) is 0 Å². The van der Waals surface area contributed by atoms with Crippen LogP contribution in [0.5, 0.6) is 0 Å². The molecule has 1 saturated heterocycles. The summed E-state index contributed by atoms with van der Waals surface area (Å²) >= 11 is 0. The van der Waals surface area contributed by atoms with Crippen molar-refractivity contribution >= 4 is 10.0 Å². The molecule has 2 heterocycles. The lowest BCUT2D eigenvalue weighted by molar-refractivity contribution is 0.261. The highest BCUT2D eigenvalue weighted by atomic mass is 32.2. The SMILES string of the molecule is Cc1nc(CCNCC2CCCN(S(C)(=O)=O)C2)no1. The number of rotatable bonds is 6. The lowest BCUT2D eigenvalue weighted by atomic mass is 10.00. The molecule has 0 spiro atoms. The van der Waals surface area contributed by atoms with Gasteiger partial charge in [-0.05, 0) is 25.3 Å². The van der Waals surface area contributed by atoms with E-state index in [0.29, 0.717) is 30.7 Å². The smallest absolute Gasteiger partial charge is 0.223 e. The van der Waals surface area contributed by atoms with Crippen LogP contribution in [-0.4, -0.2) is 55.3 Å². The molecule has 0 radical (unpaired) electrons. The van der Waals surface area contributed by atoms with Gasteiger partial charge in [0.1, 0.15) is 0 Å². The summed E-state index contributed by atoms with van der Waals surface area (Å²) in [4.78, 5) is 4.13. The Hall–Kier alpha value is -0.990. The maximum Gasteiger partial charge on any atom is 0.223 e. The molecule has 0 aliphatic carbocycles. The number of nitrogens with one attached hydrogen (secondary N) is 1.